The Morgan fingerprint density at radius 1 is 1.31 bits per heavy atom. The Morgan fingerprint density at radius 2 is 2.00 bits per heavy atom. The van der Waals surface area contributed by atoms with Crippen molar-refractivity contribution < 1.29 is 4.74 Å². The average Bonchev–Trinajstić information content (AvgIpc) is 3.06. The van der Waals surface area contributed by atoms with E-state index in [1.807, 2.05) is 13.0 Å². The van der Waals surface area contributed by atoms with Crippen LogP contribution in [0.15, 0.2) is 12.1 Å². The molecule has 1 aliphatic rings. The fraction of sp³-hybridized carbons (Fsp3) is 0.500. The molecule has 0 amide bonds. The minimum atomic E-state index is -0.0272. The van der Waals surface area contributed by atoms with Gasteiger partial charge in [0.15, 0.2) is 0 Å². The second kappa shape index (κ2) is 5.03. The highest BCUT2D eigenvalue weighted by atomic mass is 35.5. The zero-order chi connectivity index (χ0) is 11.7. The molecule has 1 fully saturated rings. The van der Waals surface area contributed by atoms with Gasteiger partial charge in [0.1, 0.15) is 5.75 Å². The molecule has 16 heavy (non-hydrogen) atoms. The molecule has 88 valence electrons. The molecule has 0 aromatic heterocycles. The summed E-state index contributed by atoms with van der Waals surface area (Å²) in [5.41, 5.74) is 0.916. The predicted molar refractivity (Wildman–Crippen MR) is 68.9 cm³/mol. The maximum Gasteiger partial charge on any atom is 0.139 e. The van der Waals surface area contributed by atoms with Crippen molar-refractivity contribution >= 4 is 34.8 Å². The second-order valence-corrected chi connectivity index (χ2v) is 5.26. The third kappa shape index (κ3) is 2.58. The second-order valence-electron chi connectivity index (χ2n) is 3.98. The minimum Gasteiger partial charge on any atom is -0.492 e. The lowest BCUT2D eigenvalue weighted by Crippen LogP contribution is -1.97. The van der Waals surface area contributed by atoms with Gasteiger partial charge >= 0.3 is 0 Å². The lowest BCUT2D eigenvalue weighted by atomic mass is 10.1. The predicted octanol–water partition coefficient (Wildman–Crippen LogP) is 5.08. The van der Waals surface area contributed by atoms with E-state index in [1.54, 1.807) is 6.07 Å². The highest BCUT2D eigenvalue weighted by Gasteiger charge is 2.32. The van der Waals surface area contributed by atoms with Crippen molar-refractivity contribution in [3.63, 3.8) is 0 Å². The molecule has 0 saturated heterocycles. The first-order valence-corrected chi connectivity index (χ1v) is 6.58. The van der Waals surface area contributed by atoms with Crippen LogP contribution in [0.5, 0.6) is 5.75 Å². The van der Waals surface area contributed by atoms with E-state index < -0.39 is 0 Å². The minimum absolute atomic E-state index is 0.0272. The summed E-state index contributed by atoms with van der Waals surface area (Å²) in [4.78, 5) is 0. The third-order valence-corrected chi connectivity index (χ3v) is 3.90. The van der Waals surface area contributed by atoms with Crippen LogP contribution in [0, 0.1) is 5.92 Å². The molecule has 0 bridgehead atoms. The van der Waals surface area contributed by atoms with Crippen LogP contribution in [0.4, 0.5) is 0 Å². The maximum absolute atomic E-state index is 6.33. The molecule has 1 aromatic carbocycles. The van der Waals surface area contributed by atoms with Crippen molar-refractivity contribution in [2.75, 3.05) is 6.61 Å². The number of halogens is 3. The van der Waals surface area contributed by atoms with Crippen LogP contribution in [-0.4, -0.2) is 6.61 Å². The summed E-state index contributed by atoms with van der Waals surface area (Å²) in [5.74, 6) is 1.17. The number of rotatable bonds is 4. The monoisotopic (exact) mass is 278 g/mol. The van der Waals surface area contributed by atoms with Crippen LogP contribution in [0.25, 0.3) is 0 Å². The Labute approximate surface area is 111 Å². The topological polar surface area (TPSA) is 9.23 Å². The molecule has 1 unspecified atom stereocenters. The average molecular weight is 280 g/mol. The van der Waals surface area contributed by atoms with Crippen molar-refractivity contribution in [3.05, 3.63) is 27.7 Å². The van der Waals surface area contributed by atoms with Crippen molar-refractivity contribution in [1.82, 2.24) is 0 Å². The number of hydrogen-bond donors (Lipinski definition) is 0. The van der Waals surface area contributed by atoms with Crippen LogP contribution < -0.4 is 4.74 Å². The van der Waals surface area contributed by atoms with Crippen LogP contribution in [0.3, 0.4) is 0 Å². The molecular formula is C12H13Cl3O. The SMILES string of the molecule is CCOc1cc(Cl)c(C(Cl)C2CC2)cc1Cl. The van der Waals surface area contributed by atoms with E-state index in [4.69, 9.17) is 39.5 Å². The number of alkyl halides is 1. The van der Waals surface area contributed by atoms with E-state index in [0.29, 0.717) is 28.3 Å². The van der Waals surface area contributed by atoms with Gasteiger partial charge < -0.3 is 4.74 Å². The summed E-state index contributed by atoms with van der Waals surface area (Å²) in [7, 11) is 0. The Balaban J connectivity index is 2.29. The van der Waals surface area contributed by atoms with Gasteiger partial charge in [0.25, 0.3) is 0 Å². The molecule has 1 nitrogen and oxygen atoms in total. The van der Waals surface area contributed by atoms with Gasteiger partial charge in [-0.2, -0.15) is 0 Å². The molecular weight excluding hydrogens is 266 g/mol. The van der Waals surface area contributed by atoms with Crippen molar-refractivity contribution in [3.8, 4) is 5.75 Å². The summed E-state index contributed by atoms with van der Waals surface area (Å²) >= 11 is 18.6. The standard InChI is InChI=1S/C12H13Cl3O/c1-2-16-11-6-9(13)8(5-10(11)14)12(15)7-3-4-7/h5-7,12H,2-4H2,1H3. The highest BCUT2D eigenvalue weighted by Crippen LogP contribution is 2.48. The fourth-order valence-corrected chi connectivity index (χ4v) is 2.65. The summed E-state index contributed by atoms with van der Waals surface area (Å²) in [6, 6.07) is 3.57. The van der Waals surface area contributed by atoms with E-state index in [1.165, 1.54) is 12.8 Å². The van der Waals surface area contributed by atoms with E-state index in [2.05, 4.69) is 0 Å². The normalized spacial score (nSPS) is 17.2. The van der Waals surface area contributed by atoms with Crippen LogP contribution >= 0.6 is 34.8 Å². The van der Waals surface area contributed by atoms with Gasteiger partial charge in [-0.15, -0.1) is 11.6 Å². The molecule has 1 saturated carbocycles. The zero-order valence-electron chi connectivity index (χ0n) is 8.97. The number of ether oxygens (including phenoxy) is 1. The summed E-state index contributed by atoms with van der Waals surface area (Å²) in [6.07, 6.45) is 2.35. The van der Waals surface area contributed by atoms with Crippen LogP contribution in [0.1, 0.15) is 30.7 Å². The lowest BCUT2D eigenvalue weighted by Gasteiger charge is -2.13. The van der Waals surface area contributed by atoms with Crippen molar-refractivity contribution in [1.29, 1.82) is 0 Å². The Hall–Kier alpha value is -0.110. The van der Waals surface area contributed by atoms with Gasteiger partial charge in [0.05, 0.1) is 17.0 Å². The fourth-order valence-electron chi connectivity index (χ4n) is 1.66. The first-order valence-electron chi connectivity index (χ1n) is 5.39. The van der Waals surface area contributed by atoms with Crippen LogP contribution in [-0.2, 0) is 0 Å². The molecule has 1 atom stereocenters. The van der Waals surface area contributed by atoms with E-state index in [-0.39, 0.29) is 5.38 Å². The van der Waals surface area contributed by atoms with Gasteiger partial charge in [-0.05, 0) is 37.3 Å². The summed E-state index contributed by atoms with van der Waals surface area (Å²) < 4.78 is 5.37. The molecule has 0 N–H and O–H groups in total. The van der Waals surface area contributed by atoms with Crippen LogP contribution in [0.2, 0.25) is 10.0 Å². The Bertz CT molecular complexity index is 388. The third-order valence-electron chi connectivity index (χ3n) is 2.68. The summed E-state index contributed by atoms with van der Waals surface area (Å²) in [6.45, 7) is 2.48. The van der Waals surface area contributed by atoms with Gasteiger partial charge in [-0.1, -0.05) is 23.2 Å². The first-order chi connectivity index (χ1) is 7.63. The summed E-state index contributed by atoms with van der Waals surface area (Å²) in [5, 5.41) is 1.19. The maximum atomic E-state index is 6.33. The van der Waals surface area contributed by atoms with Gasteiger partial charge in [-0.25, -0.2) is 0 Å². The van der Waals surface area contributed by atoms with Crippen molar-refractivity contribution in [2.24, 2.45) is 5.92 Å². The van der Waals surface area contributed by atoms with Crippen molar-refractivity contribution in [2.45, 2.75) is 25.1 Å². The zero-order valence-corrected chi connectivity index (χ0v) is 11.2. The van der Waals surface area contributed by atoms with Gasteiger partial charge in [0, 0.05) is 11.1 Å². The molecule has 1 aromatic rings. The molecule has 0 aliphatic heterocycles. The molecule has 2 rings (SSSR count). The quantitative estimate of drug-likeness (QED) is 0.698. The van der Waals surface area contributed by atoms with Gasteiger partial charge in [0.2, 0.25) is 0 Å². The highest BCUT2D eigenvalue weighted by molar-refractivity contribution is 6.35. The van der Waals surface area contributed by atoms with E-state index >= 15 is 0 Å². The Kier molecular flexibility index (Phi) is 3.89. The largest absolute Gasteiger partial charge is 0.492 e. The van der Waals surface area contributed by atoms with E-state index in [0.717, 1.165) is 5.56 Å². The molecule has 1 aliphatic carbocycles. The smallest absolute Gasteiger partial charge is 0.139 e. The number of hydrogen-bond acceptors (Lipinski definition) is 1. The first kappa shape index (κ1) is 12.3. The van der Waals surface area contributed by atoms with Gasteiger partial charge in [-0.3, -0.25) is 0 Å². The Morgan fingerprint density at radius 3 is 2.56 bits per heavy atom. The molecule has 0 radical (unpaired) electrons. The number of benzene rings is 1. The molecule has 4 heteroatoms. The van der Waals surface area contributed by atoms with E-state index in [9.17, 15) is 0 Å². The molecule has 0 heterocycles. The molecule has 0 spiro atoms. The lowest BCUT2D eigenvalue weighted by molar-refractivity contribution is 0.340.